The normalized spacial score (nSPS) is 9.25. The molecule has 0 aliphatic heterocycles. The number of hydrogen-bond acceptors (Lipinski definition) is 3. The van der Waals surface area contributed by atoms with E-state index < -0.39 is 0 Å². The van der Waals surface area contributed by atoms with Gasteiger partial charge in [-0.3, -0.25) is 9.59 Å². The van der Waals surface area contributed by atoms with Crippen molar-refractivity contribution in [2.75, 3.05) is 5.32 Å². The van der Waals surface area contributed by atoms with Gasteiger partial charge in [0.1, 0.15) is 6.42 Å². The minimum atomic E-state index is -0.350. The molecule has 0 saturated carbocycles. The van der Waals surface area contributed by atoms with E-state index in [1.807, 2.05) is 0 Å². The molecule has 0 bridgehead atoms. The van der Waals surface area contributed by atoms with Crippen LogP contribution >= 0.6 is 0 Å². The van der Waals surface area contributed by atoms with Crippen molar-refractivity contribution in [3.8, 4) is 6.07 Å². The zero-order valence-corrected chi connectivity index (χ0v) is 8.99. The SMILES string of the molecule is CCC(=O)c1ccc(NC(=O)CC#N)cc1. The van der Waals surface area contributed by atoms with Crippen LogP contribution in [0.25, 0.3) is 0 Å². The molecule has 0 aliphatic carbocycles. The maximum absolute atomic E-state index is 11.3. The van der Waals surface area contributed by atoms with E-state index in [1.54, 1.807) is 37.3 Å². The van der Waals surface area contributed by atoms with Crippen LogP contribution in [0.5, 0.6) is 0 Å². The molecule has 82 valence electrons. The van der Waals surface area contributed by atoms with Crippen LogP contribution in [0.3, 0.4) is 0 Å². The van der Waals surface area contributed by atoms with Gasteiger partial charge in [-0.15, -0.1) is 0 Å². The summed E-state index contributed by atoms with van der Waals surface area (Å²) in [4.78, 5) is 22.4. The Morgan fingerprint density at radius 1 is 1.31 bits per heavy atom. The summed E-state index contributed by atoms with van der Waals surface area (Å²) in [5, 5.41) is 10.9. The van der Waals surface area contributed by atoms with Crippen molar-refractivity contribution in [3.63, 3.8) is 0 Å². The van der Waals surface area contributed by atoms with E-state index in [2.05, 4.69) is 5.32 Å². The second kappa shape index (κ2) is 5.66. The van der Waals surface area contributed by atoms with E-state index in [0.29, 0.717) is 17.7 Å². The van der Waals surface area contributed by atoms with Gasteiger partial charge in [0, 0.05) is 17.7 Å². The van der Waals surface area contributed by atoms with E-state index in [1.165, 1.54) is 0 Å². The molecule has 0 fully saturated rings. The Morgan fingerprint density at radius 3 is 2.44 bits per heavy atom. The van der Waals surface area contributed by atoms with Crippen molar-refractivity contribution in [3.05, 3.63) is 29.8 Å². The summed E-state index contributed by atoms with van der Waals surface area (Å²) < 4.78 is 0. The molecule has 0 heterocycles. The standard InChI is InChI=1S/C12H12N2O2/c1-2-11(15)9-3-5-10(6-4-9)14-12(16)7-8-13/h3-6H,2,7H2,1H3,(H,14,16). The highest BCUT2D eigenvalue weighted by molar-refractivity contribution is 5.97. The molecule has 0 atom stereocenters. The number of hydrogen-bond donors (Lipinski definition) is 1. The Bertz CT molecular complexity index is 429. The molecule has 1 rings (SSSR count). The molecular formula is C12H12N2O2. The summed E-state index contributed by atoms with van der Waals surface area (Å²) in [7, 11) is 0. The molecular weight excluding hydrogens is 204 g/mol. The van der Waals surface area contributed by atoms with Crippen molar-refractivity contribution in [2.24, 2.45) is 0 Å². The zero-order chi connectivity index (χ0) is 12.0. The van der Waals surface area contributed by atoms with Gasteiger partial charge in [0.15, 0.2) is 5.78 Å². The van der Waals surface area contributed by atoms with Crippen molar-refractivity contribution in [2.45, 2.75) is 19.8 Å². The Kier molecular flexibility index (Phi) is 4.22. The highest BCUT2D eigenvalue weighted by atomic mass is 16.1. The molecule has 0 spiro atoms. The zero-order valence-electron chi connectivity index (χ0n) is 8.99. The molecule has 0 radical (unpaired) electrons. The fourth-order valence-corrected chi connectivity index (χ4v) is 1.22. The van der Waals surface area contributed by atoms with Gasteiger partial charge in [-0.1, -0.05) is 6.92 Å². The lowest BCUT2D eigenvalue weighted by molar-refractivity contribution is -0.115. The van der Waals surface area contributed by atoms with Crippen LogP contribution in [0.2, 0.25) is 0 Å². The number of rotatable bonds is 4. The second-order valence-electron chi connectivity index (χ2n) is 3.24. The Labute approximate surface area is 93.9 Å². The molecule has 1 N–H and O–H groups in total. The van der Waals surface area contributed by atoms with E-state index in [4.69, 9.17) is 5.26 Å². The summed E-state index contributed by atoms with van der Waals surface area (Å²) in [6.45, 7) is 1.80. The predicted molar refractivity (Wildman–Crippen MR) is 59.9 cm³/mol. The van der Waals surface area contributed by atoms with Gasteiger partial charge < -0.3 is 5.32 Å². The van der Waals surface area contributed by atoms with Crippen molar-refractivity contribution < 1.29 is 9.59 Å². The first kappa shape index (κ1) is 11.9. The summed E-state index contributed by atoms with van der Waals surface area (Å²) in [6, 6.07) is 8.38. The number of Topliss-reactive ketones (excluding diaryl/α,β-unsaturated/α-hetero) is 1. The summed E-state index contributed by atoms with van der Waals surface area (Å²) >= 11 is 0. The highest BCUT2D eigenvalue weighted by Crippen LogP contribution is 2.11. The minimum Gasteiger partial charge on any atom is -0.325 e. The molecule has 0 saturated heterocycles. The number of ketones is 1. The highest BCUT2D eigenvalue weighted by Gasteiger charge is 2.04. The Morgan fingerprint density at radius 2 is 1.94 bits per heavy atom. The number of benzene rings is 1. The maximum atomic E-state index is 11.3. The Hall–Kier alpha value is -2.15. The number of nitrogens with one attached hydrogen (secondary N) is 1. The third-order valence-corrected chi connectivity index (χ3v) is 2.05. The molecule has 1 aromatic rings. The lowest BCUT2D eigenvalue weighted by atomic mass is 10.1. The lowest BCUT2D eigenvalue weighted by Gasteiger charge is -2.03. The monoisotopic (exact) mass is 216 g/mol. The van der Waals surface area contributed by atoms with Gasteiger partial charge in [0.25, 0.3) is 0 Å². The van der Waals surface area contributed by atoms with Crippen LogP contribution in [0.4, 0.5) is 5.69 Å². The number of carbonyl (C=O) groups is 2. The quantitative estimate of drug-likeness (QED) is 0.784. The van der Waals surface area contributed by atoms with Crippen molar-refractivity contribution in [1.82, 2.24) is 0 Å². The third kappa shape index (κ3) is 3.21. The van der Waals surface area contributed by atoms with Crippen molar-refractivity contribution >= 4 is 17.4 Å². The van der Waals surface area contributed by atoms with E-state index in [-0.39, 0.29) is 18.1 Å². The molecule has 4 heteroatoms. The molecule has 16 heavy (non-hydrogen) atoms. The van der Waals surface area contributed by atoms with E-state index >= 15 is 0 Å². The van der Waals surface area contributed by atoms with Crippen molar-refractivity contribution in [1.29, 1.82) is 5.26 Å². The summed E-state index contributed by atoms with van der Waals surface area (Å²) in [5.74, 6) is -0.285. The van der Waals surface area contributed by atoms with E-state index in [9.17, 15) is 9.59 Å². The fourth-order valence-electron chi connectivity index (χ4n) is 1.22. The van der Waals surface area contributed by atoms with Gasteiger partial charge in [-0.25, -0.2) is 0 Å². The summed E-state index contributed by atoms with van der Waals surface area (Å²) in [5.41, 5.74) is 1.22. The average molecular weight is 216 g/mol. The molecule has 0 aromatic heterocycles. The van der Waals surface area contributed by atoms with Crippen LogP contribution in [0.15, 0.2) is 24.3 Å². The number of nitriles is 1. The van der Waals surface area contributed by atoms with Gasteiger partial charge in [-0.2, -0.15) is 5.26 Å². The minimum absolute atomic E-state index is 0.0647. The molecule has 4 nitrogen and oxygen atoms in total. The van der Waals surface area contributed by atoms with Gasteiger partial charge in [-0.05, 0) is 24.3 Å². The van der Waals surface area contributed by atoms with Gasteiger partial charge in [0.2, 0.25) is 5.91 Å². The third-order valence-electron chi connectivity index (χ3n) is 2.05. The molecule has 1 aromatic carbocycles. The smallest absolute Gasteiger partial charge is 0.238 e. The lowest BCUT2D eigenvalue weighted by Crippen LogP contribution is -2.10. The number of anilines is 1. The number of amides is 1. The number of carbonyl (C=O) groups excluding carboxylic acids is 2. The topological polar surface area (TPSA) is 70.0 Å². The first-order valence-corrected chi connectivity index (χ1v) is 4.97. The van der Waals surface area contributed by atoms with Gasteiger partial charge >= 0.3 is 0 Å². The van der Waals surface area contributed by atoms with Crippen LogP contribution < -0.4 is 5.32 Å². The maximum Gasteiger partial charge on any atom is 0.238 e. The largest absolute Gasteiger partial charge is 0.325 e. The predicted octanol–water partition coefficient (Wildman–Crippen LogP) is 2.13. The average Bonchev–Trinajstić information content (AvgIpc) is 2.29. The van der Waals surface area contributed by atoms with Crippen LogP contribution in [-0.2, 0) is 4.79 Å². The van der Waals surface area contributed by atoms with Crippen LogP contribution in [0, 0.1) is 11.3 Å². The molecule has 0 unspecified atom stereocenters. The van der Waals surface area contributed by atoms with Gasteiger partial charge in [0.05, 0.1) is 6.07 Å². The fraction of sp³-hybridized carbons (Fsp3) is 0.250. The summed E-state index contributed by atoms with van der Waals surface area (Å²) in [6.07, 6.45) is 0.287. The number of nitrogens with zero attached hydrogens (tertiary/aromatic N) is 1. The molecule has 1 amide bonds. The Balaban J connectivity index is 2.69. The first-order chi connectivity index (χ1) is 7.67. The van der Waals surface area contributed by atoms with E-state index in [0.717, 1.165) is 0 Å². The van der Waals surface area contributed by atoms with Crippen LogP contribution in [0.1, 0.15) is 30.1 Å². The molecule has 0 aliphatic rings. The first-order valence-electron chi connectivity index (χ1n) is 4.97. The van der Waals surface area contributed by atoms with Crippen LogP contribution in [-0.4, -0.2) is 11.7 Å². The second-order valence-corrected chi connectivity index (χ2v) is 3.24.